The van der Waals surface area contributed by atoms with Crippen LogP contribution in [0.15, 0.2) is 277 Å². The van der Waals surface area contributed by atoms with E-state index in [4.69, 9.17) is 4.42 Å². The van der Waals surface area contributed by atoms with Crippen LogP contribution in [0.25, 0.3) is 66.1 Å². The van der Waals surface area contributed by atoms with Crippen molar-refractivity contribution in [2.24, 2.45) is 0 Å². The summed E-state index contributed by atoms with van der Waals surface area (Å²) in [5, 5.41) is 10.1. The average molecular weight is 872 g/mol. The average Bonchev–Trinajstić information content (AvgIpc) is 3.78. The van der Waals surface area contributed by atoms with Crippen LogP contribution in [0, 0.1) is 0 Å². The van der Waals surface area contributed by atoms with Gasteiger partial charge in [0.15, 0.2) is 8.07 Å². The molecule has 0 radical (unpaired) electrons. The molecule has 0 N–H and O–H groups in total. The monoisotopic (exact) mass is 871 g/mol. The number of rotatable bonds is 10. The molecule has 0 spiro atoms. The molecule has 12 aromatic rings. The van der Waals surface area contributed by atoms with Crippen LogP contribution >= 0.6 is 0 Å². The van der Waals surface area contributed by atoms with Crippen molar-refractivity contribution in [2.45, 2.75) is 0 Å². The minimum absolute atomic E-state index is 0.853. The highest BCUT2D eigenvalue weighted by molar-refractivity contribution is 7.19. The third kappa shape index (κ3) is 7.23. The van der Waals surface area contributed by atoms with Gasteiger partial charge in [-0.05, 0) is 113 Å². The van der Waals surface area contributed by atoms with E-state index < -0.39 is 8.07 Å². The predicted molar refractivity (Wildman–Crippen MR) is 286 cm³/mol. The topological polar surface area (TPSA) is 16.4 Å². The van der Waals surface area contributed by atoms with Crippen molar-refractivity contribution in [1.82, 2.24) is 0 Å². The largest absolute Gasteiger partial charge is 0.456 e. The number of fused-ring (bicyclic) bond motifs is 4. The Labute approximate surface area is 392 Å². The van der Waals surface area contributed by atoms with Crippen molar-refractivity contribution < 1.29 is 4.42 Å². The molecule has 2 nitrogen and oxygen atoms in total. The molecule has 0 saturated heterocycles. The number of hydrogen-bond acceptors (Lipinski definition) is 2. The Morgan fingerprint density at radius 1 is 0.269 bits per heavy atom. The molecule has 0 aliphatic heterocycles. The first-order chi connectivity index (χ1) is 33.2. The van der Waals surface area contributed by atoms with Gasteiger partial charge in [-0.25, -0.2) is 0 Å². The summed E-state index contributed by atoms with van der Waals surface area (Å²) < 4.78 is 6.68. The first-order valence-corrected chi connectivity index (χ1v) is 25.0. The molecular formula is C64H45NOSi. The van der Waals surface area contributed by atoms with Gasteiger partial charge in [0.2, 0.25) is 0 Å². The van der Waals surface area contributed by atoms with Crippen molar-refractivity contribution in [3.63, 3.8) is 0 Å². The van der Waals surface area contributed by atoms with Crippen LogP contribution in [0.5, 0.6) is 0 Å². The van der Waals surface area contributed by atoms with E-state index in [0.29, 0.717) is 0 Å². The minimum Gasteiger partial charge on any atom is -0.456 e. The predicted octanol–water partition coefficient (Wildman–Crippen LogP) is 14.6. The smallest absolute Gasteiger partial charge is 0.179 e. The van der Waals surface area contributed by atoms with Gasteiger partial charge < -0.3 is 9.32 Å². The summed E-state index contributed by atoms with van der Waals surface area (Å²) in [6, 6.07) is 99.5. The van der Waals surface area contributed by atoms with E-state index in [1.165, 1.54) is 53.8 Å². The second kappa shape index (κ2) is 17.1. The molecule has 0 unspecified atom stereocenters. The molecule has 1 aromatic heterocycles. The summed E-state index contributed by atoms with van der Waals surface area (Å²) in [5.41, 5.74) is 11.9. The Kier molecular flexibility index (Phi) is 10.2. The van der Waals surface area contributed by atoms with Gasteiger partial charge >= 0.3 is 0 Å². The standard InChI is InChI=1S/C64H45NOSi/c1-5-17-46(18-6-1)51-35-41-61-62-42-40-54(45-64(62)66-63(61)44-51)65(53-38-33-49(34-39-53)60-30-16-20-48-19-13-14-29-59(48)60)52-36-31-47(32-37-52)50-21-15-28-58(43-50)67(55-22-7-2-8-23-55,56-24-9-3-10-25-56)57-26-11-4-12-27-57/h1-45H. The molecule has 0 fully saturated rings. The fourth-order valence-electron chi connectivity index (χ4n) is 10.2. The Morgan fingerprint density at radius 3 is 1.34 bits per heavy atom. The molecule has 0 aliphatic rings. The second-order valence-electron chi connectivity index (χ2n) is 17.2. The maximum absolute atomic E-state index is 6.68. The zero-order valence-corrected chi connectivity index (χ0v) is 37.8. The van der Waals surface area contributed by atoms with Crippen LogP contribution < -0.4 is 25.6 Å². The molecule has 3 heteroatoms. The van der Waals surface area contributed by atoms with Crippen molar-refractivity contribution in [3.8, 4) is 33.4 Å². The molecular weight excluding hydrogens is 827 g/mol. The van der Waals surface area contributed by atoms with Crippen LogP contribution in [0.2, 0.25) is 0 Å². The summed E-state index contributed by atoms with van der Waals surface area (Å²) in [4.78, 5) is 2.34. The van der Waals surface area contributed by atoms with Crippen LogP contribution in [-0.2, 0) is 0 Å². The third-order valence-corrected chi connectivity index (χ3v) is 18.2. The first kappa shape index (κ1) is 40.0. The molecule has 11 aromatic carbocycles. The van der Waals surface area contributed by atoms with E-state index in [1.54, 1.807) is 0 Å². The lowest BCUT2D eigenvalue weighted by atomic mass is 9.98. The molecule has 0 saturated carbocycles. The second-order valence-corrected chi connectivity index (χ2v) is 21.1. The van der Waals surface area contributed by atoms with E-state index in [1.807, 2.05) is 0 Å². The SMILES string of the molecule is c1ccc(-c2ccc3c(c2)oc2cc(N(c4ccc(-c5cccc([Si](c6ccccc6)(c6ccccc6)c6ccccc6)c5)cc4)c4ccc(-c5cccc6ccccc56)cc4)ccc23)cc1. The summed E-state index contributed by atoms with van der Waals surface area (Å²) in [6.07, 6.45) is 0. The molecule has 67 heavy (non-hydrogen) atoms. The van der Waals surface area contributed by atoms with Gasteiger partial charge in [-0.2, -0.15) is 0 Å². The summed E-state index contributed by atoms with van der Waals surface area (Å²) in [6.45, 7) is 0. The van der Waals surface area contributed by atoms with E-state index in [2.05, 4.69) is 278 Å². The van der Waals surface area contributed by atoms with Gasteiger partial charge in [-0.15, -0.1) is 0 Å². The number of nitrogens with zero attached hydrogens (tertiary/aromatic N) is 1. The van der Waals surface area contributed by atoms with Gasteiger partial charge in [-0.3, -0.25) is 0 Å². The fourth-order valence-corrected chi connectivity index (χ4v) is 15.0. The van der Waals surface area contributed by atoms with Gasteiger partial charge in [0.1, 0.15) is 11.2 Å². The van der Waals surface area contributed by atoms with E-state index >= 15 is 0 Å². The zero-order chi connectivity index (χ0) is 44.6. The molecule has 0 bridgehead atoms. The van der Waals surface area contributed by atoms with E-state index in [-0.39, 0.29) is 0 Å². The van der Waals surface area contributed by atoms with Crippen LogP contribution in [0.1, 0.15) is 0 Å². The lowest BCUT2D eigenvalue weighted by Crippen LogP contribution is -2.74. The maximum atomic E-state index is 6.68. The highest BCUT2D eigenvalue weighted by atomic mass is 28.3. The zero-order valence-electron chi connectivity index (χ0n) is 36.8. The highest BCUT2D eigenvalue weighted by Crippen LogP contribution is 2.41. The summed E-state index contributed by atoms with van der Waals surface area (Å²) >= 11 is 0. The number of benzene rings is 11. The van der Waals surface area contributed by atoms with Crippen LogP contribution in [0.4, 0.5) is 17.1 Å². The van der Waals surface area contributed by atoms with Gasteiger partial charge in [0.05, 0.1) is 0 Å². The minimum atomic E-state index is -2.70. The van der Waals surface area contributed by atoms with Crippen LogP contribution in [-0.4, -0.2) is 8.07 Å². The normalized spacial score (nSPS) is 11.6. The first-order valence-electron chi connectivity index (χ1n) is 23.0. The highest BCUT2D eigenvalue weighted by Gasteiger charge is 2.41. The lowest BCUT2D eigenvalue weighted by molar-refractivity contribution is 0.669. The Bertz CT molecular complexity index is 3560. The van der Waals surface area contributed by atoms with Crippen molar-refractivity contribution >= 4 is 78.6 Å². The molecule has 0 atom stereocenters. The fraction of sp³-hybridized carbons (Fsp3) is 0. The van der Waals surface area contributed by atoms with Gasteiger partial charge in [-0.1, -0.05) is 218 Å². The summed E-state index contributed by atoms with van der Waals surface area (Å²) in [7, 11) is -2.70. The van der Waals surface area contributed by atoms with Gasteiger partial charge in [0.25, 0.3) is 0 Å². The number of furan rings is 1. The quantitative estimate of drug-likeness (QED) is 0.101. The van der Waals surface area contributed by atoms with E-state index in [9.17, 15) is 0 Å². The number of anilines is 3. The number of hydrogen-bond donors (Lipinski definition) is 0. The maximum Gasteiger partial charge on any atom is 0.179 e. The van der Waals surface area contributed by atoms with Crippen molar-refractivity contribution in [1.29, 1.82) is 0 Å². The summed E-state index contributed by atoms with van der Waals surface area (Å²) in [5.74, 6) is 0. The van der Waals surface area contributed by atoms with Crippen molar-refractivity contribution in [3.05, 3.63) is 273 Å². The molecule has 0 amide bonds. The molecule has 12 rings (SSSR count). The molecule has 316 valence electrons. The molecule has 1 heterocycles. The van der Waals surface area contributed by atoms with Gasteiger partial charge in [0, 0.05) is 33.9 Å². The van der Waals surface area contributed by atoms with E-state index in [0.717, 1.165) is 50.1 Å². The Balaban J connectivity index is 0.964. The van der Waals surface area contributed by atoms with Crippen molar-refractivity contribution in [2.75, 3.05) is 4.90 Å². The third-order valence-electron chi connectivity index (χ3n) is 13.4. The van der Waals surface area contributed by atoms with Crippen LogP contribution in [0.3, 0.4) is 0 Å². The molecule has 0 aliphatic carbocycles. The lowest BCUT2D eigenvalue weighted by Gasteiger charge is -2.34. The Hall–Kier alpha value is -8.50. The Morgan fingerprint density at radius 2 is 0.701 bits per heavy atom.